The molecule has 8 heteroatoms. The van der Waals surface area contributed by atoms with Gasteiger partial charge in [-0.25, -0.2) is 13.2 Å². The standard InChI is InChI=1S/C16H16BrNO5S/c1-2-22-16(19)11-23-14-7-9-15(10-8-14)24(20,21)18-13-5-3-12(17)4-6-13/h3-10,18H,2,11H2,1H3. The van der Waals surface area contributed by atoms with Gasteiger partial charge in [-0.3, -0.25) is 4.72 Å². The molecule has 0 amide bonds. The molecule has 2 aromatic carbocycles. The maximum atomic E-state index is 12.3. The lowest BCUT2D eigenvalue weighted by Gasteiger charge is -2.09. The predicted molar refractivity (Wildman–Crippen MR) is 93.5 cm³/mol. The Balaban J connectivity index is 2.03. The summed E-state index contributed by atoms with van der Waals surface area (Å²) in [6.45, 7) is 1.76. The van der Waals surface area contributed by atoms with Crippen molar-refractivity contribution < 1.29 is 22.7 Å². The first kappa shape index (κ1) is 18.3. The topological polar surface area (TPSA) is 81.7 Å². The highest BCUT2D eigenvalue weighted by molar-refractivity contribution is 9.10. The molecule has 0 atom stereocenters. The number of nitrogens with one attached hydrogen (secondary N) is 1. The zero-order valence-electron chi connectivity index (χ0n) is 12.9. The molecule has 0 aromatic heterocycles. The van der Waals surface area contributed by atoms with Crippen LogP contribution in [0.4, 0.5) is 5.69 Å². The van der Waals surface area contributed by atoms with Crippen LogP contribution in [-0.4, -0.2) is 27.6 Å². The zero-order chi connectivity index (χ0) is 17.6. The van der Waals surface area contributed by atoms with Crippen molar-refractivity contribution in [2.45, 2.75) is 11.8 Å². The fraction of sp³-hybridized carbons (Fsp3) is 0.188. The van der Waals surface area contributed by atoms with Crippen molar-refractivity contribution in [3.05, 3.63) is 53.0 Å². The summed E-state index contributed by atoms with van der Waals surface area (Å²) < 4.78 is 37.9. The zero-order valence-corrected chi connectivity index (χ0v) is 15.3. The molecule has 0 unspecified atom stereocenters. The third kappa shape index (κ3) is 5.24. The number of carbonyl (C=O) groups is 1. The molecule has 2 aromatic rings. The van der Waals surface area contributed by atoms with Crippen molar-refractivity contribution >= 4 is 37.6 Å². The molecule has 0 radical (unpaired) electrons. The lowest BCUT2D eigenvalue weighted by atomic mass is 10.3. The van der Waals surface area contributed by atoms with E-state index in [2.05, 4.69) is 20.7 Å². The lowest BCUT2D eigenvalue weighted by molar-refractivity contribution is -0.145. The second kappa shape index (κ2) is 8.16. The van der Waals surface area contributed by atoms with Crippen molar-refractivity contribution in [1.82, 2.24) is 0 Å². The van der Waals surface area contributed by atoms with Crippen LogP contribution < -0.4 is 9.46 Å². The molecule has 0 bridgehead atoms. The lowest BCUT2D eigenvalue weighted by Crippen LogP contribution is -2.15. The van der Waals surface area contributed by atoms with Crippen molar-refractivity contribution in [1.29, 1.82) is 0 Å². The van der Waals surface area contributed by atoms with Crippen LogP contribution in [0.25, 0.3) is 0 Å². The van der Waals surface area contributed by atoms with E-state index in [1.165, 1.54) is 24.3 Å². The second-order valence-corrected chi connectivity index (χ2v) is 7.28. The van der Waals surface area contributed by atoms with E-state index < -0.39 is 16.0 Å². The molecule has 0 aliphatic rings. The minimum Gasteiger partial charge on any atom is -0.482 e. The summed E-state index contributed by atoms with van der Waals surface area (Å²) in [6.07, 6.45) is 0. The first-order valence-corrected chi connectivity index (χ1v) is 9.35. The number of sulfonamides is 1. The van der Waals surface area contributed by atoms with E-state index in [-0.39, 0.29) is 18.1 Å². The predicted octanol–water partition coefficient (Wildman–Crippen LogP) is 3.19. The Morgan fingerprint density at radius 1 is 1.08 bits per heavy atom. The molecule has 2 rings (SSSR count). The number of ether oxygens (including phenoxy) is 2. The Morgan fingerprint density at radius 3 is 2.29 bits per heavy atom. The Morgan fingerprint density at radius 2 is 1.71 bits per heavy atom. The normalized spacial score (nSPS) is 10.9. The molecule has 24 heavy (non-hydrogen) atoms. The molecule has 0 saturated heterocycles. The van der Waals surface area contributed by atoms with E-state index in [0.29, 0.717) is 11.4 Å². The van der Waals surface area contributed by atoms with Crippen LogP contribution in [0.15, 0.2) is 57.9 Å². The Hall–Kier alpha value is -2.06. The Bertz CT molecular complexity index is 788. The number of carbonyl (C=O) groups excluding carboxylic acids is 1. The maximum Gasteiger partial charge on any atom is 0.344 e. The Kier molecular flexibility index (Phi) is 6.22. The Labute approximate surface area is 149 Å². The fourth-order valence-electron chi connectivity index (χ4n) is 1.79. The summed E-state index contributed by atoms with van der Waals surface area (Å²) in [6, 6.07) is 12.6. The molecule has 0 spiro atoms. The van der Waals surface area contributed by atoms with Gasteiger partial charge in [0.1, 0.15) is 5.75 Å². The largest absolute Gasteiger partial charge is 0.482 e. The van der Waals surface area contributed by atoms with Crippen molar-refractivity contribution in [2.75, 3.05) is 17.9 Å². The van der Waals surface area contributed by atoms with Crippen LogP contribution in [0.2, 0.25) is 0 Å². The van der Waals surface area contributed by atoms with Crippen LogP contribution in [0.5, 0.6) is 5.75 Å². The van der Waals surface area contributed by atoms with Crippen LogP contribution >= 0.6 is 15.9 Å². The van der Waals surface area contributed by atoms with E-state index in [9.17, 15) is 13.2 Å². The van der Waals surface area contributed by atoms with Crippen LogP contribution in [-0.2, 0) is 19.6 Å². The molecule has 0 aliphatic carbocycles. The summed E-state index contributed by atoms with van der Waals surface area (Å²) in [7, 11) is -3.70. The van der Waals surface area contributed by atoms with E-state index in [4.69, 9.17) is 9.47 Å². The number of anilines is 1. The van der Waals surface area contributed by atoms with Gasteiger partial charge >= 0.3 is 5.97 Å². The molecule has 0 heterocycles. The first-order chi connectivity index (χ1) is 11.4. The summed E-state index contributed by atoms with van der Waals surface area (Å²) in [4.78, 5) is 11.3. The van der Waals surface area contributed by atoms with E-state index in [1.807, 2.05) is 0 Å². The van der Waals surface area contributed by atoms with Gasteiger partial charge in [-0.15, -0.1) is 0 Å². The van der Waals surface area contributed by atoms with E-state index in [0.717, 1.165) is 4.47 Å². The van der Waals surface area contributed by atoms with Gasteiger partial charge in [-0.2, -0.15) is 0 Å². The van der Waals surface area contributed by atoms with Crippen LogP contribution in [0, 0.1) is 0 Å². The van der Waals surface area contributed by atoms with Gasteiger partial charge < -0.3 is 9.47 Å². The minimum absolute atomic E-state index is 0.0916. The van der Waals surface area contributed by atoms with Gasteiger partial charge in [-0.1, -0.05) is 15.9 Å². The summed E-state index contributed by atoms with van der Waals surface area (Å²) in [5, 5.41) is 0. The number of hydrogen-bond donors (Lipinski definition) is 1. The summed E-state index contributed by atoms with van der Waals surface area (Å²) in [5.41, 5.74) is 0.459. The van der Waals surface area contributed by atoms with Gasteiger partial charge in [0.2, 0.25) is 0 Å². The third-order valence-electron chi connectivity index (χ3n) is 2.89. The van der Waals surface area contributed by atoms with E-state index >= 15 is 0 Å². The molecule has 0 fully saturated rings. The molecule has 6 nitrogen and oxygen atoms in total. The van der Waals surface area contributed by atoms with Crippen molar-refractivity contribution in [2.24, 2.45) is 0 Å². The van der Waals surface area contributed by atoms with Gasteiger partial charge in [0.25, 0.3) is 10.0 Å². The average Bonchev–Trinajstić information content (AvgIpc) is 2.56. The highest BCUT2D eigenvalue weighted by Crippen LogP contribution is 2.20. The van der Waals surface area contributed by atoms with Crippen LogP contribution in [0.1, 0.15) is 6.92 Å². The number of benzene rings is 2. The number of rotatable bonds is 7. The average molecular weight is 414 g/mol. The third-order valence-corrected chi connectivity index (χ3v) is 4.82. The van der Waals surface area contributed by atoms with Crippen molar-refractivity contribution in [3.63, 3.8) is 0 Å². The molecular formula is C16H16BrNO5S. The molecular weight excluding hydrogens is 398 g/mol. The number of halogens is 1. The van der Waals surface area contributed by atoms with Gasteiger partial charge in [0.05, 0.1) is 11.5 Å². The maximum absolute atomic E-state index is 12.3. The second-order valence-electron chi connectivity index (χ2n) is 4.68. The summed E-state index contributed by atoms with van der Waals surface area (Å²) >= 11 is 3.29. The first-order valence-electron chi connectivity index (χ1n) is 7.07. The highest BCUT2D eigenvalue weighted by Gasteiger charge is 2.14. The molecule has 0 aliphatic heterocycles. The quantitative estimate of drug-likeness (QED) is 0.704. The van der Waals surface area contributed by atoms with E-state index in [1.54, 1.807) is 31.2 Å². The number of esters is 1. The van der Waals surface area contributed by atoms with Gasteiger partial charge in [-0.05, 0) is 55.5 Å². The van der Waals surface area contributed by atoms with Gasteiger partial charge in [0, 0.05) is 10.2 Å². The van der Waals surface area contributed by atoms with Gasteiger partial charge in [0.15, 0.2) is 6.61 Å². The summed E-state index contributed by atoms with van der Waals surface area (Å²) in [5.74, 6) is -0.100. The molecule has 128 valence electrons. The SMILES string of the molecule is CCOC(=O)COc1ccc(S(=O)(=O)Nc2ccc(Br)cc2)cc1. The van der Waals surface area contributed by atoms with Crippen LogP contribution in [0.3, 0.4) is 0 Å². The highest BCUT2D eigenvalue weighted by atomic mass is 79.9. The minimum atomic E-state index is -3.70. The monoisotopic (exact) mass is 413 g/mol. The number of hydrogen-bond acceptors (Lipinski definition) is 5. The molecule has 1 N–H and O–H groups in total. The molecule has 0 saturated carbocycles. The van der Waals surface area contributed by atoms with Crippen molar-refractivity contribution in [3.8, 4) is 5.75 Å². The smallest absolute Gasteiger partial charge is 0.344 e. The fourth-order valence-corrected chi connectivity index (χ4v) is 3.11.